The van der Waals surface area contributed by atoms with Crippen molar-refractivity contribution in [1.82, 2.24) is 5.32 Å². The second-order valence-electron chi connectivity index (χ2n) is 5.48. The molecule has 0 saturated carbocycles. The summed E-state index contributed by atoms with van der Waals surface area (Å²) in [7, 11) is 0. The Morgan fingerprint density at radius 3 is 2.33 bits per heavy atom. The van der Waals surface area contributed by atoms with Crippen molar-refractivity contribution in [2.75, 3.05) is 19.7 Å². The summed E-state index contributed by atoms with van der Waals surface area (Å²) in [4.78, 5) is 0. The third-order valence-electron chi connectivity index (χ3n) is 3.82. The van der Waals surface area contributed by atoms with E-state index in [9.17, 15) is 0 Å². The zero-order valence-electron chi connectivity index (χ0n) is 12.1. The number of halogens is 1. The molecule has 1 saturated heterocycles. The van der Waals surface area contributed by atoms with Crippen LogP contribution in [0.1, 0.15) is 17.5 Å². The van der Waals surface area contributed by atoms with Crippen LogP contribution in [0.3, 0.4) is 0 Å². The zero-order valence-corrected chi connectivity index (χ0v) is 12.9. The van der Waals surface area contributed by atoms with E-state index < -0.39 is 0 Å². The molecule has 1 N–H and O–H groups in total. The van der Waals surface area contributed by atoms with Crippen molar-refractivity contribution < 1.29 is 4.74 Å². The lowest BCUT2D eigenvalue weighted by molar-refractivity contribution is 0.260. The number of rotatable bonds is 5. The minimum atomic E-state index is 0. The van der Waals surface area contributed by atoms with Gasteiger partial charge in [-0.05, 0) is 42.6 Å². The lowest BCUT2D eigenvalue weighted by Gasteiger charge is -2.11. The molecule has 2 aromatic rings. The van der Waals surface area contributed by atoms with Gasteiger partial charge in [0.05, 0.1) is 6.61 Å². The van der Waals surface area contributed by atoms with Crippen LogP contribution in [-0.2, 0) is 6.42 Å². The Morgan fingerprint density at radius 2 is 1.67 bits per heavy atom. The molecule has 1 aliphatic heterocycles. The smallest absolute Gasteiger partial charge is 0.119 e. The van der Waals surface area contributed by atoms with E-state index in [-0.39, 0.29) is 12.4 Å². The van der Waals surface area contributed by atoms with Gasteiger partial charge in [-0.3, -0.25) is 0 Å². The maximum atomic E-state index is 5.86. The summed E-state index contributed by atoms with van der Waals surface area (Å²) in [6, 6.07) is 19.0. The predicted molar refractivity (Wildman–Crippen MR) is 89.4 cm³/mol. The average molecular weight is 304 g/mol. The molecule has 0 radical (unpaired) electrons. The molecule has 2 aromatic carbocycles. The van der Waals surface area contributed by atoms with Crippen molar-refractivity contribution in [2.45, 2.75) is 12.8 Å². The number of hydrogen-bond donors (Lipinski definition) is 1. The van der Waals surface area contributed by atoms with Gasteiger partial charge in [0.1, 0.15) is 5.75 Å². The SMILES string of the molecule is Cl.c1ccc(Cc2ccc(OCC3CCNC3)cc2)cc1. The standard InChI is InChI=1S/C18H21NO.ClH/c1-2-4-15(5-3-1)12-16-6-8-18(9-7-16)20-14-17-10-11-19-13-17;/h1-9,17,19H,10-14H2;1H. The normalized spacial score (nSPS) is 17.2. The minimum absolute atomic E-state index is 0. The van der Waals surface area contributed by atoms with Crippen LogP contribution in [0.2, 0.25) is 0 Å². The molecule has 1 heterocycles. The van der Waals surface area contributed by atoms with Crippen molar-refractivity contribution in [3.8, 4) is 5.75 Å². The van der Waals surface area contributed by atoms with Crippen LogP contribution in [-0.4, -0.2) is 19.7 Å². The molecule has 1 atom stereocenters. The zero-order chi connectivity index (χ0) is 13.6. The Hall–Kier alpha value is -1.51. The number of hydrogen-bond acceptors (Lipinski definition) is 2. The van der Waals surface area contributed by atoms with Crippen molar-refractivity contribution in [1.29, 1.82) is 0 Å². The second kappa shape index (κ2) is 8.06. The van der Waals surface area contributed by atoms with E-state index in [1.54, 1.807) is 0 Å². The molecule has 112 valence electrons. The highest BCUT2D eigenvalue weighted by molar-refractivity contribution is 5.85. The molecule has 1 fully saturated rings. The van der Waals surface area contributed by atoms with E-state index >= 15 is 0 Å². The van der Waals surface area contributed by atoms with E-state index in [1.807, 2.05) is 0 Å². The second-order valence-corrected chi connectivity index (χ2v) is 5.48. The first-order chi connectivity index (χ1) is 9.90. The summed E-state index contributed by atoms with van der Waals surface area (Å²) in [6.07, 6.45) is 2.21. The first-order valence-corrected chi connectivity index (χ1v) is 7.36. The Labute approximate surface area is 132 Å². The molecule has 1 aliphatic rings. The Kier molecular flexibility index (Phi) is 6.09. The third-order valence-corrected chi connectivity index (χ3v) is 3.82. The van der Waals surface area contributed by atoms with Crippen LogP contribution in [0.5, 0.6) is 5.75 Å². The summed E-state index contributed by atoms with van der Waals surface area (Å²) < 4.78 is 5.86. The Bertz CT molecular complexity index is 521. The van der Waals surface area contributed by atoms with Gasteiger partial charge in [-0.15, -0.1) is 12.4 Å². The van der Waals surface area contributed by atoms with E-state index in [1.165, 1.54) is 17.5 Å². The van der Waals surface area contributed by atoms with Crippen LogP contribution in [0, 0.1) is 5.92 Å². The molecule has 3 rings (SSSR count). The number of ether oxygens (including phenoxy) is 1. The van der Waals surface area contributed by atoms with Gasteiger partial charge in [0, 0.05) is 12.5 Å². The van der Waals surface area contributed by atoms with Crippen LogP contribution in [0.25, 0.3) is 0 Å². The van der Waals surface area contributed by atoms with Crippen molar-refractivity contribution >= 4 is 12.4 Å². The van der Waals surface area contributed by atoms with Crippen LogP contribution >= 0.6 is 12.4 Å². The molecular formula is C18H22ClNO. The molecule has 0 bridgehead atoms. The fourth-order valence-electron chi connectivity index (χ4n) is 2.61. The number of nitrogens with one attached hydrogen (secondary N) is 1. The van der Waals surface area contributed by atoms with Gasteiger partial charge in [-0.25, -0.2) is 0 Å². The first kappa shape index (κ1) is 15.9. The molecule has 0 aromatic heterocycles. The summed E-state index contributed by atoms with van der Waals surface area (Å²) in [5, 5.41) is 3.37. The molecule has 0 aliphatic carbocycles. The Morgan fingerprint density at radius 1 is 0.952 bits per heavy atom. The van der Waals surface area contributed by atoms with Gasteiger partial charge in [0.15, 0.2) is 0 Å². The van der Waals surface area contributed by atoms with Gasteiger partial charge in [-0.2, -0.15) is 0 Å². The molecule has 2 nitrogen and oxygen atoms in total. The molecule has 1 unspecified atom stereocenters. The minimum Gasteiger partial charge on any atom is -0.493 e. The number of benzene rings is 2. The van der Waals surface area contributed by atoms with E-state index in [2.05, 4.69) is 59.9 Å². The maximum absolute atomic E-state index is 5.86. The molecule has 0 spiro atoms. The van der Waals surface area contributed by atoms with Gasteiger partial charge in [-0.1, -0.05) is 42.5 Å². The van der Waals surface area contributed by atoms with Crippen LogP contribution in [0.4, 0.5) is 0 Å². The summed E-state index contributed by atoms with van der Waals surface area (Å²) >= 11 is 0. The Balaban J connectivity index is 0.00000161. The van der Waals surface area contributed by atoms with Crippen molar-refractivity contribution in [2.24, 2.45) is 5.92 Å². The van der Waals surface area contributed by atoms with Gasteiger partial charge < -0.3 is 10.1 Å². The highest BCUT2D eigenvalue weighted by Crippen LogP contribution is 2.17. The highest BCUT2D eigenvalue weighted by atomic mass is 35.5. The van der Waals surface area contributed by atoms with Crippen LogP contribution < -0.4 is 10.1 Å². The third kappa shape index (κ3) is 4.76. The largest absolute Gasteiger partial charge is 0.493 e. The maximum Gasteiger partial charge on any atom is 0.119 e. The lowest BCUT2D eigenvalue weighted by Crippen LogP contribution is -2.15. The highest BCUT2D eigenvalue weighted by Gasteiger charge is 2.14. The van der Waals surface area contributed by atoms with Gasteiger partial charge in [0.25, 0.3) is 0 Å². The van der Waals surface area contributed by atoms with Gasteiger partial charge >= 0.3 is 0 Å². The van der Waals surface area contributed by atoms with Crippen molar-refractivity contribution in [3.05, 3.63) is 65.7 Å². The molecule has 3 heteroatoms. The van der Waals surface area contributed by atoms with Crippen LogP contribution in [0.15, 0.2) is 54.6 Å². The average Bonchev–Trinajstić information content (AvgIpc) is 3.01. The fourth-order valence-corrected chi connectivity index (χ4v) is 2.61. The van der Waals surface area contributed by atoms with E-state index in [4.69, 9.17) is 4.74 Å². The topological polar surface area (TPSA) is 21.3 Å². The van der Waals surface area contributed by atoms with E-state index in [0.29, 0.717) is 5.92 Å². The molecule has 0 amide bonds. The molecule has 21 heavy (non-hydrogen) atoms. The van der Waals surface area contributed by atoms with Gasteiger partial charge in [0.2, 0.25) is 0 Å². The van der Waals surface area contributed by atoms with Crippen molar-refractivity contribution in [3.63, 3.8) is 0 Å². The monoisotopic (exact) mass is 303 g/mol. The first-order valence-electron chi connectivity index (χ1n) is 7.36. The predicted octanol–water partition coefficient (Wildman–Crippen LogP) is 3.69. The summed E-state index contributed by atoms with van der Waals surface area (Å²) in [5.74, 6) is 1.65. The molecular weight excluding hydrogens is 282 g/mol. The fraction of sp³-hybridized carbons (Fsp3) is 0.333. The summed E-state index contributed by atoms with van der Waals surface area (Å²) in [6.45, 7) is 3.04. The van der Waals surface area contributed by atoms with E-state index in [0.717, 1.165) is 31.9 Å². The lowest BCUT2D eigenvalue weighted by atomic mass is 10.1. The quantitative estimate of drug-likeness (QED) is 0.909. The summed E-state index contributed by atoms with van der Waals surface area (Å²) in [5.41, 5.74) is 2.67.